The van der Waals surface area contributed by atoms with Crippen molar-refractivity contribution < 1.29 is 9.26 Å². The normalized spacial score (nSPS) is 10.9. The summed E-state index contributed by atoms with van der Waals surface area (Å²) in [6.45, 7) is 0.615. The van der Waals surface area contributed by atoms with Gasteiger partial charge in [-0.25, -0.2) is 0 Å². The third kappa shape index (κ3) is 2.67. The van der Waals surface area contributed by atoms with E-state index in [0.29, 0.717) is 17.2 Å². The molecular formula is C15H11BrClNO2. The standard InChI is InChI=1S/C15H11BrClNO2/c16-7-8-19-12-5-6-13-14(9-12)20-18-15(13)10-1-3-11(17)4-2-10/h1-6,9H,7-8H2. The number of benzene rings is 2. The number of alkyl halides is 1. The van der Waals surface area contributed by atoms with Crippen molar-refractivity contribution >= 4 is 38.5 Å². The maximum atomic E-state index is 5.90. The monoisotopic (exact) mass is 351 g/mol. The van der Waals surface area contributed by atoms with Crippen molar-refractivity contribution in [3.05, 3.63) is 47.5 Å². The van der Waals surface area contributed by atoms with Gasteiger partial charge in [-0.1, -0.05) is 44.8 Å². The summed E-state index contributed by atoms with van der Waals surface area (Å²) >= 11 is 9.22. The number of nitrogens with zero attached hydrogens (tertiary/aromatic N) is 1. The van der Waals surface area contributed by atoms with Crippen LogP contribution in [0.3, 0.4) is 0 Å². The Morgan fingerprint density at radius 1 is 1.15 bits per heavy atom. The summed E-state index contributed by atoms with van der Waals surface area (Å²) in [7, 11) is 0. The first kappa shape index (κ1) is 13.5. The lowest BCUT2D eigenvalue weighted by atomic mass is 10.1. The molecule has 0 radical (unpaired) electrons. The quantitative estimate of drug-likeness (QED) is 0.625. The van der Waals surface area contributed by atoms with Crippen LogP contribution in [-0.4, -0.2) is 17.1 Å². The minimum atomic E-state index is 0.615. The molecule has 3 rings (SSSR count). The molecule has 0 bridgehead atoms. The third-order valence-corrected chi connectivity index (χ3v) is 3.48. The Hall–Kier alpha value is -1.52. The van der Waals surface area contributed by atoms with Crippen molar-refractivity contribution in [2.24, 2.45) is 0 Å². The molecule has 0 atom stereocenters. The summed E-state index contributed by atoms with van der Waals surface area (Å²) in [5.41, 5.74) is 2.49. The molecule has 0 aliphatic heterocycles. The SMILES string of the molecule is Clc1ccc(-c2noc3cc(OCCBr)ccc23)cc1. The van der Waals surface area contributed by atoms with Crippen LogP contribution < -0.4 is 4.74 Å². The zero-order valence-corrected chi connectivity index (χ0v) is 12.8. The molecule has 20 heavy (non-hydrogen) atoms. The van der Waals surface area contributed by atoms with Gasteiger partial charge in [0.15, 0.2) is 5.58 Å². The van der Waals surface area contributed by atoms with E-state index < -0.39 is 0 Å². The molecular weight excluding hydrogens is 342 g/mol. The fourth-order valence-corrected chi connectivity index (χ4v) is 2.27. The second-order valence-electron chi connectivity index (χ2n) is 4.23. The van der Waals surface area contributed by atoms with Gasteiger partial charge in [0.25, 0.3) is 0 Å². The maximum absolute atomic E-state index is 5.90. The Morgan fingerprint density at radius 3 is 2.70 bits per heavy atom. The lowest BCUT2D eigenvalue weighted by Gasteiger charge is -2.03. The number of fused-ring (bicyclic) bond motifs is 1. The van der Waals surface area contributed by atoms with E-state index in [1.165, 1.54) is 0 Å². The molecule has 0 saturated carbocycles. The van der Waals surface area contributed by atoms with Crippen molar-refractivity contribution in [2.75, 3.05) is 11.9 Å². The maximum Gasteiger partial charge on any atom is 0.171 e. The number of rotatable bonds is 4. The highest BCUT2D eigenvalue weighted by molar-refractivity contribution is 9.09. The van der Waals surface area contributed by atoms with Crippen molar-refractivity contribution in [3.8, 4) is 17.0 Å². The van der Waals surface area contributed by atoms with Gasteiger partial charge in [0.1, 0.15) is 11.4 Å². The molecule has 3 aromatic rings. The molecule has 102 valence electrons. The van der Waals surface area contributed by atoms with Gasteiger partial charge < -0.3 is 9.26 Å². The number of hydrogen-bond acceptors (Lipinski definition) is 3. The minimum Gasteiger partial charge on any atom is -0.493 e. The van der Waals surface area contributed by atoms with Gasteiger partial charge in [-0.3, -0.25) is 0 Å². The second kappa shape index (κ2) is 5.85. The molecule has 0 fully saturated rings. The number of hydrogen-bond donors (Lipinski definition) is 0. The molecule has 5 heteroatoms. The average Bonchev–Trinajstić information content (AvgIpc) is 2.89. The van der Waals surface area contributed by atoms with E-state index >= 15 is 0 Å². The van der Waals surface area contributed by atoms with Crippen LogP contribution in [-0.2, 0) is 0 Å². The van der Waals surface area contributed by atoms with E-state index in [2.05, 4.69) is 21.1 Å². The first-order valence-corrected chi connectivity index (χ1v) is 7.62. The van der Waals surface area contributed by atoms with Gasteiger partial charge in [-0.05, 0) is 24.3 Å². The first-order chi connectivity index (χ1) is 9.78. The molecule has 0 N–H and O–H groups in total. The Morgan fingerprint density at radius 2 is 1.95 bits per heavy atom. The molecule has 0 unspecified atom stereocenters. The highest BCUT2D eigenvalue weighted by Crippen LogP contribution is 2.30. The fraction of sp³-hybridized carbons (Fsp3) is 0.133. The molecule has 0 spiro atoms. The van der Waals surface area contributed by atoms with E-state index in [9.17, 15) is 0 Å². The molecule has 1 aromatic heterocycles. The zero-order chi connectivity index (χ0) is 13.9. The second-order valence-corrected chi connectivity index (χ2v) is 5.46. The summed E-state index contributed by atoms with van der Waals surface area (Å²) in [6, 6.07) is 13.3. The lowest BCUT2D eigenvalue weighted by Crippen LogP contribution is -1.96. The van der Waals surface area contributed by atoms with Crippen molar-refractivity contribution in [1.29, 1.82) is 0 Å². The molecule has 0 saturated heterocycles. The van der Waals surface area contributed by atoms with Gasteiger partial charge in [0.05, 0.1) is 6.61 Å². The minimum absolute atomic E-state index is 0.615. The predicted molar refractivity (Wildman–Crippen MR) is 83.7 cm³/mol. The highest BCUT2D eigenvalue weighted by atomic mass is 79.9. The van der Waals surface area contributed by atoms with Gasteiger partial charge in [-0.2, -0.15) is 0 Å². The first-order valence-electron chi connectivity index (χ1n) is 6.12. The summed E-state index contributed by atoms with van der Waals surface area (Å²) in [4.78, 5) is 0. The zero-order valence-electron chi connectivity index (χ0n) is 10.5. The van der Waals surface area contributed by atoms with E-state index in [1.807, 2.05) is 42.5 Å². The number of halogens is 2. The van der Waals surface area contributed by atoms with Crippen LogP contribution in [0, 0.1) is 0 Å². The molecule has 0 aliphatic rings. The van der Waals surface area contributed by atoms with Gasteiger partial charge in [0.2, 0.25) is 0 Å². The van der Waals surface area contributed by atoms with E-state index in [1.54, 1.807) is 0 Å². The summed E-state index contributed by atoms with van der Waals surface area (Å²) < 4.78 is 10.9. The predicted octanol–water partition coefficient (Wildman–Crippen LogP) is 4.92. The molecule has 3 nitrogen and oxygen atoms in total. The topological polar surface area (TPSA) is 35.3 Å². The molecule has 1 heterocycles. The van der Waals surface area contributed by atoms with Crippen molar-refractivity contribution in [2.45, 2.75) is 0 Å². The Kier molecular flexibility index (Phi) is 3.94. The lowest BCUT2D eigenvalue weighted by molar-refractivity contribution is 0.344. The van der Waals surface area contributed by atoms with Gasteiger partial charge >= 0.3 is 0 Å². The fourth-order valence-electron chi connectivity index (χ4n) is 1.98. The van der Waals surface area contributed by atoms with Crippen molar-refractivity contribution in [3.63, 3.8) is 0 Å². The number of ether oxygens (including phenoxy) is 1. The number of aromatic nitrogens is 1. The smallest absolute Gasteiger partial charge is 0.171 e. The highest BCUT2D eigenvalue weighted by Gasteiger charge is 2.11. The van der Waals surface area contributed by atoms with Crippen LogP contribution in [0.4, 0.5) is 0 Å². The van der Waals surface area contributed by atoms with Crippen LogP contribution in [0.5, 0.6) is 5.75 Å². The van der Waals surface area contributed by atoms with E-state index in [0.717, 1.165) is 27.7 Å². The summed E-state index contributed by atoms with van der Waals surface area (Å²) in [6.07, 6.45) is 0. The van der Waals surface area contributed by atoms with Crippen LogP contribution in [0.2, 0.25) is 5.02 Å². The summed E-state index contributed by atoms with van der Waals surface area (Å²) in [5.74, 6) is 0.774. The summed E-state index contributed by atoms with van der Waals surface area (Å²) in [5, 5.41) is 6.58. The van der Waals surface area contributed by atoms with Crippen LogP contribution >= 0.6 is 27.5 Å². The Bertz CT molecular complexity index is 724. The molecule has 0 aliphatic carbocycles. The molecule has 2 aromatic carbocycles. The van der Waals surface area contributed by atoms with Gasteiger partial charge in [0, 0.05) is 27.4 Å². The van der Waals surface area contributed by atoms with E-state index in [-0.39, 0.29) is 0 Å². The van der Waals surface area contributed by atoms with Crippen LogP contribution in [0.25, 0.3) is 22.2 Å². The molecule has 0 amide bonds. The van der Waals surface area contributed by atoms with Crippen LogP contribution in [0.15, 0.2) is 47.0 Å². The van der Waals surface area contributed by atoms with E-state index in [4.69, 9.17) is 20.9 Å². The third-order valence-electron chi connectivity index (χ3n) is 2.91. The Balaban J connectivity index is 1.99. The van der Waals surface area contributed by atoms with Gasteiger partial charge in [-0.15, -0.1) is 0 Å². The average molecular weight is 353 g/mol. The van der Waals surface area contributed by atoms with Crippen LogP contribution in [0.1, 0.15) is 0 Å². The Labute approximate surface area is 129 Å². The van der Waals surface area contributed by atoms with Crippen molar-refractivity contribution in [1.82, 2.24) is 5.16 Å². The largest absolute Gasteiger partial charge is 0.493 e.